The summed E-state index contributed by atoms with van der Waals surface area (Å²) >= 11 is 1.57. The van der Waals surface area contributed by atoms with Crippen molar-refractivity contribution < 1.29 is 29.4 Å². The van der Waals surface area contributed by atoms with E-state index in [-0.39, 0.29) is 18.1 Å². The molecule has 5 unspecified atom stereocenters. The van der Waals surface area contributed by atoms with E-state index in [1.807, 2.05) is 13.2 Å². The smallest absolute Gasteiger partial charge is 0.326 e. The number of hydrogen-bond donors (Lipinski definition) is 5. The molecule has 1 fully saturated rings. The Kier molecular flexibility index (Phi) is 11.5. The number of aliphatic carboxylic acids is 1. The Balaban J connectivity index is 2.22. The van der Waals surface area contributed by atoms with Crippen LogP contribution in [0.5, 0.6) is 5.75 Å². The molecule has 2 rings (SSSR count). The zero-order chi connectivity index (χ0) is 26.8. The van der Waals surface area contributed by atoms with E-state index in [1.54, 1.807) is 30.8 Å². The number of carboxylic acids is 1. The van der Waals surface area contributed by atoms with Crippen LogP contribution in [0.25, 0.3) is 0 Å². The topological polar surface area (TPSA) is 162 Å². The number of nitrogens with one attached hydrogen (secondary N) is 2. The van der Waals surface area contributed by atoms with Crippen molar-refractivity contribution in [3.05, 3.63) is 29.8 Å². The van der Waals surface area contributed by atoms with Gasteiger partial charge in [0, 0.05) is 13.0 Å². The van der Waals surface area contributed by atoms with Crippen LogP contribution in [0, 0.1) is 5.92 Å². The molecule has 0 saturated carbocycles. The summed E-state index contributed by atoms with van der Waals surface area (Å²) < 4.78 is 0. The third-order valence-electron chi connectivity index (χ3n) is 6.58. The molecule has 36 heavy (non-hydrogen) atoms. The highest BCUT2D eigenvalue weighted by molar-refractivity contribution is 7.98. The number of carbonyl (C=O) groups excluding carboxylic acids is 3. The van der Waals surface area contributed by atoms with Gasteiger partial charge in [0.05, 0.1) is 6.04 Å². The van der Waals surface area contributed by atoms with E-state index >= 15 is 0 Å². The second kappa shape index (κ2) is 14.1. The minimum absolute atomic E-state index is 0.0790. The summed E-state index contributed by atoms with van der Waals surface area (Å²) in [7, 11) is 0. The van der Waals surface area contributed by atoms with E-state index in [1.165, 1.54) is 17.0 Å². The first kappa shape index (κ1) is 29.4. The fourth-order valence-electron chi connectivity index (χ4n) is 4.16. The number of carbonyl (C=O) groups is 4. The molecule has 1 aromatic carbocycles. The SMILES string of the molecule is CCC(C)C(NC(=O)C1CCCN1C(=O)C(Cc1ccc(O)cc1)NC(=O)C(N)CCSC)C(=O)O. The van der Waals surface area contributed by atoms with Crippen molar-refractivity contribution in [3.8, 4) is 5.75 Å². The molecule has 3 amide bonds. The van der Waals surface area contributed by atoms with E-state index in [2.05, 4.69) is 10.6 Å². The van der Waals surface area contributed by atoms with Crippen LogP contribution in [0.2, 0.25) is 0 Å². The molecule has 11 heteroatoms. The van der Waals surface area contributed by atoms with Gasteiger partial charge in [-0.3, -0.25) is 14.4 Å². The average Bonchev–Trinajstić information content (AvgIpc) is 3.35. The molecule has 1 aliphatic rings. The van der Waals surface area contributed by atoms with Crippen LogP contribution in [0.1, 0.15) is 45.1 Å². The van der Waals surface area contributed by atoms with Crippen molar-refractivity contribution in [1.82, 2.24) is 15.5 Å². The number of carboxylic acid groups (broad SMARTS) is 1. The van der Waals surface area contributed by atoms with Gasteiger partial charge in [-0.1, -0.05) is 32.4 Å². The van der Waals surface area contributed by atoms with E-state index in [0.29, 0.717) is 43.5 Å². The number of rotatable bonds is 13. The standard InChI is InChI=1S/C25H38N4O6S/c1-4-15(2)21(25(34)35)28-23(32)20-6-5-12-29(20)24(33)19(14-16-7-9-17(30)10-8-16)27-22(31)18(26)11-13-36-3/h7-10,15,18-21,30H,4-6,11-14,26H2,1-3H3,(H,27,31)(H,28,32)(H,34,35). The fourth-order valence-corrected chi connectivity index (χ4v) is 4.65. The normalized spacial score (nSPS) is 18.7. The third kappa shape index (κ3) is 8.12. The van der Waals surface area contributed by atoms with Crippen LogP contribution in [0.3, 0.4) is 0 Å². The van der Waals surface area contributed by atoms with Crippen molar-refractivity contribution in [1.29, 1.82) is 0 Å². The molecule has 5 atom stereocenters. The summed E-state index contributed by atoms with van der Waals surface area (Å²) in [5.41, 5.74) is 6.73. The van der Waals surface area contributed by atoms with Crippen LogP contribution < -0.4 is 16.4 Å². The number of benzene rings is 1. The number of phenols is 1. The van der Waals surface area contributed by atoms with Gasteiger partial charge in [0.15, 0.2) is 0 Å². The van der Waals surface area contributed by atoms with E-state index < -0.39 is 47.9 Å². The van der Waals surface area contributed by atoms with Gasteiger partial charge < -0.3 is 31.5 Å². The highest BCUT2D eigenvalue weighted by atomic mass is 32.2. The monoisotopic (exact) mass is 522 g/mol. The lowest BCUT2D eigenvalue weighted by Crippen LogP contribution is -2.57. The van der Waals surface area contributed by atoms with Crippen LogP contribution in [0.4, 0.5) is 0 Å². The predicted molar refractivity (Wildman–Crippen MR) is 138 cm³/mol. The lowest BCUT2D eigenvalue weighted by Gasteiger charge is -2.30. The van der Waals surface area contributed by atoms with Crippen molar-refractivity contribution in [3.63, 3.8) is 0 Å². The Morgan fingerprint density at radius 2 is 1.86 bits per heavy atom. The molecule has 0 radical (unpaired) electrons. The zero-order valence-corrected chi connectivity index (χ0v) is 21.9. The highest BCUT2D eigenvalue weighted by Crippen LogP contribution is 2.21. The first-order valence-electron chi connectivity index (χ1n) is 12.2. The number of nitrogens with zero attached hydrogens (tertiary/aromatic N) is 1. The molecule has 0 aliphatic carbocycles. The quantitative estimate of drug-likeness (QED) is 0.257. The number of hydrogen-bond acceptors (Lipinski definition) is 7. The highest BCUT2D eigenvalue weighted by Gasteiger charge is 2.39. The lowest BCUT2D eigenvalue weighted by atomic mass is 9.98. The molecule has 1 aromatic rings. The second-order valence-corrected chi connectivity index (χ2v) is 10.2. The summed E-state index contributed by atoms with van der Waals surface area (Å²) in [6.07, 6.45) is 4.07. The van der Waals surface area contributed by atoms with Gasteiger partial charge in [-0.05, 0) is 54.9 Å². The molecule has 1 saturated heterocycles. The molecule has 0 aromatic heterocycles. The minimum atomic E-state index is -1.12. The largest absolute Gasteiger partial charge is 0.508 e. The molecule has 0 spiro atoms. The number of likely N-dealkylation sites (tertiary alicyclic amines) is 1. The summed E-state index contributed by atoms with van der Waals surface area (Å²) in [6, 6.07) is 2.68. The van der Waals surface area contributed by atoms with E-state index in [0.717, 1.165) is 0 Å². The molecule has 10 nitrogen and oxygen atoms in total. The van der Waals surface area contributed by atoms with Crippen LogP contribution in [0.15, 0.2) is 24.3 Å². The number of amides is 3. The maximum atomic E-state index is 13.6. The average molecular weight is 523 g/mol. The van der Waals surface area contributed by atoms with Gasteiger partial charge in [0.2, 0.25) is 17.7 Å². The molecule has 200 valence electrons. The zero-order valence-electron chi connectivity index (χ0n) is 21.1. The summed E-state index contributed by atoms with van der Waals surface area (Å²) in [6.45, 7) is 3.91. The lowest BCUT2D eigenvalue weighted by molar-refractivity contribution is -0.146. The van der Waals surface area contributed by atoms with E-state index in [9.17, 15) is 29.4 Å². The van der Waals surface area contributed by atoms with Gasteiger partial charge in [0.1, 0.15) is 23.9 Å². The first-order valence-corrected chi connectivity index (χ1v) is 13.6. The Bertz CT molecular complexity index is 912. The second-order valence-electron chi connectivity index (χ2n) is 9.22. The van der Waals surface area contributed by atoms with Gasteiger partial charge in [-0.2, -0.15) is 11.8 Å². The summed E-state index contributed by atoms with van der Waals surface area (Å²) in [4.78, 5) is 52.6. The van der Waals surface area contributed by atoms with Gasteiger partial charge in [-0.25, -0.2) is 4.79 Å². The molecule has 0 bridgehead atoms. The van der Waals surface area contributed by atoms with Gasteiger partial charge >= 0.3 is 5.97 Å². The molecule has 6 N–H and O–H groups in total. The molecule has 1 heterocycles. The van der Waals surface area contributed by atoms with Crippen LogP contribution >= 0.6 is 11.8 Å². The van der Waals surface area contributed by atoms with Gasteiger partial charge in [0.25, 0.3) is 0 Å². The van der Waals surface area contributed by atoms with Gasteiger partial charge in [-0.15, -0.1) is 0 Å². The number of aromatic hydroxyl groups is 1. The number of phenolic OH excluding ortho intramolecular Hbond substituents is 1. The summed E-state index contributed by atoms with van der Waals surface area (Å²) in [5, 5.41) is 24.5. The fraction of sp³-hybridized carbons (Fsp3) is 0.600. The molecular weight excluding hydrogens is 484 g/mol. The minimum Gasteiger partial charge on any atom is -0.508 e. The Labute approximate surface area is 216 Å². The van der Waals surface area contributed by atoms with E-state index in [4.69, 9.17) is 5.73 Å². The summed E-state index contributed by atoms with van der Waals surface area (Å²) in [5.74, 6) is -2.02. The van der Waals surface area contributed by atoms with Crippen molar-refractivity contribution in [2.75, 3.05) is 18.6 Å². The maximum absolute atomic E-state index is 13.6. The molecular formula is C25H38N4O6S. The van der Waals surface area contributed by atoms with Crippen LogP contribution in [-0.4, -0.2) is 81.5 Å². The number of thioether (sulfide) groups is 1. The van der Waals surface area contributed by atoms with Crippen LogP contribution in [-0.2, 0) is 25.6 Å². The molecule has 1 aliphatic heterocycles. The third-order valence-corrected chi connectivity index (χ3v) is 7.22. The predicted octanol–water partition coefficient (Wildman–Crippen LogP) is 1.11. The first-order chi connectivity index (χ1) is 17.1. The number of nitrogens with two attached hydrogens (primary N) is 1. The van der Waals surface area contributed by atoms with Crippen molar-refractivity contribution >= 4 is 35.5 Å². The maximum Gasteiger partial charge on any atom is 0.326 e. The Morgan fingerprint density at radius 3 is 2.44 bits per heavy atom. The van der Waals surface area contributed by atoms with Crippen molar-refractivity contribution in [2.45, 2.75) is 70.1 Å². The van der Waals surface area contributed by atoms with Crippen molar-refractivity contribution in [2.24, 2.45) is 11.7 Å². The Morgan fingerprint density at radius 1 is 1.19 bits per heavy atom. The Hall–Kier alpha value is -2.79.